The van der Waals surface area contributed by atoms with E-state index in [2.05, 4.69) is 51.4 Å². The fourth-order valence-electron chi connectivity index (χ4n) is 2.48. The van der Waals surface area contributed by atoms with Gasteiger partial charge in [-0.05, 0) is 43.4 Å². The van der Waals surface area contributed by atoms with E-state index in [0.717, 1.165) is 31.9 Å². The molecule has 2 aromatic rings. The van der Waals surface area contributed by atoms with Gasteiger partial charge in [0.25, 0.3) is 0 Å². The van der Waals surface area contributed by atoms with Crippen LogP contribution in [-0.4, -0.2) is 43.1 Å². The molecule has 1 saturated heterocycles. The summed E-state index contributed by atoms with van der Waals surface area (Å²) in [5, 5.41) is 3.25. The highest BCUT2D eigenvalue weighted by Crippen LogP contribution is 2.23. The first-order valence-corrected chi connectivity index (χ1v) is 7.23. The van der Waals surface area contributed by atoms with Crippen molar-refractivity contribution in [2.24, 2.45) is 0 Å². The minimum Gasteiger partial charge on any atom is -0.396 e. The van der Waals surface area contributed by atoms with Gasteiger partial charge in [0.15, 0.2) is 5.82 Å². The minimum absolute atomic E-state index is 0.653. The van der Waals surface area contributed by atoms with Gasteiger partial charge in [0.1, 0.15) is 0 Å². The number of piperazine rings is 1. The van der Waals surface area contributed by atoms with Gasteiger partial charge < -0.3 is 20.9 Å². The van der Waals surface area contributed by atoms with Crippen LogP contribution in [0, 0.1) is 0 Å². The Kier molecular flexibility index (Phi) is 3.92. The SMILES string of the molecule is CN1CCN(c2ccc(Nc3ncccc3N)cc2)CC1. The summed E-state index contributed by atoms with van der Waals surface area (Å²) in [6, 6.07) is 12.1. The number of nitrogens with one attached hydrogen (secondary N) is 1. The summed E-state index contributed by atoms with van der Waals surface area (Å²) in [5.74, 6) is 0.699. The summed E-state index contributed by atoms with van der Waals surface area (Å²) >= 11 is 0. The van der Waals surface area contributed by atoms with Crippen LogP contribution in [-0.2, 0) is 0 Å². The summed E-state index contributed by atoms with van der Waals surface area (Å²) in [4.78, 5) is 9.02. The Morgan fingerprint density at radius 2 is 1.76 bits per heavy atom. The molecule has 2 heterocycles. The molecule has 3 N–H and O–H groups in total. The highest BCUT2D eigenvalue weighted by atomic mass is 15.2. The lowest BCUT2D eigenvalue weighted by molar-refractivity contribution is 0.313. The largest absolute Gasteiger partial charge is 0.396 e. The van der Waals surface area contributed by atoms with Crippen molar-refractivity contribution in [3.05, 3.63) is 42.6 Å². The minimum atomic E-state index is 0.653. The summed E-state index contributed by atoms with van der Waals surface area (Å²) in [6.45, 7) is 4.39. The lowest BCUT2D eigenvalue weighted by Crippen LogP contribution is -2.44. The molecule has 0 saturated carbocycles. The first kappa shape index (κ1) is 13.7. The Bertz CT molecular complexity index is 588. The number of nitrogens with zero attached hydrogens (tertiary/aromatic N) is 3. The van der Waals surface area contributed by atoms with E-state index in [1.807, 2.05) is 12.1 Å². The van der Waals surface area contributed by atoms with Crippen LogP contribution < -0.4 is 16.0 Å². The number of rotatable bonds is 3. The quantitative estimate of drug-likeness (QED) is 0.904. The maximum Gasteiger partial charge on any atom is 0.153 e. The fraction of sp³-hybridized carbons (Fsp3) is 0.312. The number of aromatic nitrogens is 1. The number of pyridine rings is 1. The molecule has 0 radical (unpaired) electrons. The van der Waals surface area contributed by atoms with Gasteiger partial charge in [-0.25, -0.2) is 4.98 Å². The molecule has 0 unspecified atom stereocenters. The molecular weight excluding hydrogens is 262 g/mol. The third-order valence-electron chi connectivity index (χ3n) is 3.84. The van der Waals surface area contributed by atoms with Crippen LogP contribution in [0.1, 0.15) is 0 Å². The zero-order valence-corrected chi connectivity index (χ0v) is 12.3. The molecule has 21 heavy (non-hydrogen) atoms. The normalized spacial score (nSPS) is 16.0. The Labute approximate surface area is 125 Å². The number of nitrogen functional groups attached to an aromatic ring is 1. The van der Waals surface area contributed by atoms with Crippen LogP contribution in [0.15, 0.2) is 42.6 Å². The van der Waals surface area contributed by atoms with Crippen molar-refractivity contribution in [3.8, 4) is 0 Å². The molecule has 5 heteroatoms. The van der Waals surface area contributed by atoms with E-state index in [1.54, 1.807) is 6.20 Å². The Morgan fingerprint density at radius 3 is 2.43 bits per heavy atom. The van der Waals surface area contributed by atoms with E-state index in [1.165, 1.54) is 5.69 Å². The third kappa shape index (κ3) is 3.25. The van der Waals surface area contributed by atoms with Gasteiger partial charge in [0.05, 0.1) is 5.69 Å². The van der Waals surface area contributed by atoms with Crippen molar-refractivity contribution in [2.75, 3.05) is 49.2 Å². The predicted octanol–water partition coefficient (Wildman–Crippen LogP) is 2.16. The maximum absolute atomic E-state index is 5.89. The monoisotopic (exact) mass is 283 g/mol. The molecule has 1 aliphatic rings. The van der Waals surface area contributed by atoms with Crippen molar-refractivity contribution >= 4 is 22.9 Å². The van der Waals surface area contributed by atoms with Crippen LogP contribution in [0.25, 0.3) is 0 Å². The Morgan fingerprint density at radius 1 is 1.05 bits per heavy atom. The molecule has 1 aromatic carbocycles. The topological polar surface area (TPSA) is 57.4 Å². The second kappa shape index (κ2) is 6.01. The number of nitrogens with two attached hydrogens (primary N) is 1. The van der Waals surface area contributed by atoms with Crippen LogP contribution in [0.2, 0.25) is 0 Å². The van der Waals surface area contributed by atoms with E-state index in [4.69, 9.17) is 5.73 Å². The Balaban J connectivity index is 1.68. The highest BCUT2D eigenvalue weighted by Gasteiger charge is 2.13. The van der Waals surface area contributed by atoms with Crippen LogP contribution >= 0.6 is 0 Å². The number of hydrogen-bond acceptors (Lipinski definition) is 5. The zero-order valence-electron chi connectivity index (χ0n) is 12.3. The summed E-state index contributed by atoms with van der Waals surface area (Å²) < 4.78 is 0. The second-order valence-electron chi connectivity index (χ2n) is 5.40. The number of benzene rings is 1. The fourth-order valence-corrected chi connectivity index (χ4v) is 2.48. The van der Waals surface area contributed by atoms with E-state index in [9.17, 15) is 0 Å². The summed E-state index contributed by atoms with van der Waals surface area (Å²) in [7, 11) is 2.17. The van der Waals surface area contributed by atoms with Gasteiger partial charge >= 0.3 is 0 Å². The van der Waals surface area contributed by atoms with Crippen molar-refractivity contribution in [2.45, 2.75) is 0 Å². The van der Waals surface area contributed by atoms with E-state index < -0.39 is 0 Å². The van der Waals surface area contributed by atoms with Crippen LogP contribution in [0.5, 0.6) is 0 Å². The molecule has 5 nitrogen and oxygen atoms in total. The van der Waals surface area contributed by atoms with Gasteiger partial charge in [0, 0.05) is 43.8 Å². The number of anilines is 4. The average molecular weight is 283 g/mol. The van der Waals surface area contributed by atoms with Crippen molar-refractivity contribution in [3.63, 3.8) is 0 Å². The molecule has 0 atom stereocenters. The third-order valence-corrected chi connectivity index (χ3v) is 3.84. The van der Waals surface area contributed by atoms with E-state index >= 15 is 0 Å². The van der Waals surface area contributed by atoms with Gasteiger partial charge in [-0.1, -0.05) is 0 Å². The van der Waals surface area contributed by atoms with E-state index in [-0.39, 0.29) is 0 Å². The lowest BCUT2D eigenvalue weighted by atomic mass is 10.2. The van der Waals surface area contributed by atoms with Crippen LogP contribution in [0.3, 0.4) is 0 Å². The molecule has 3 rings (SSSR count). The molecule has 0 bridgehead atoms. The lowest BCUT2D eigenvalue weighted by Gasteiger charge is -2.34. The maximum atomic E-state index is 5.89. The molecule has 1 aromatic heterocycles. The number of likely N-dealkylation sites (N-methyl/N-ethyl adjacent to an activating group) is 1. The molecule has 0 amide bonds. The van der Waals surface area contributed by atoms with Crippen molar-refractivity contribution in [1.82, 2.24) is 9.88 Å². The molecule has 1 aliphatic heterocycles. The van der Waals surface area contributed by atoms with Gasteiger partial charge in [-0.2, -0.15) is 0 Å². The molecule has 1 fully saturated rings. The summed E-state index contributed by atoms with van der Waals surface area (Å²) in [6.07, 6.45) is 1.73. The zero-order chi connectivity index (χ0) is 14.7. The molecule has 110 valence electrons. The molecular formula is C16H21N5. The highest BCUT2D eigenvalue weighted by molar-refractivity contribution is 5.69. The smallest absolute Gasteiger partial charge is 0.153 e. The van der Waals surface area contributed by atoms with Gasteiger partial charge in [-0.3, -0.25) is 0 Å². The molecule has 0 spiro atoms. The van der Waals surface area contributed by atoms with E-state index in [0.29, 0.717) is 11.5 Å². The first-order valence-electron chi connectivity index (χ1n) is 7.23. The van der Waals surface area contributed by atoms with Crippen LogP contribution in [0.4, 0.5) is 22.9 Å². The summed E-state index contributed by atoms with van der Waals surface area (Å²) in [5.41, 5.74) is 8.81. The standard InChI is InChI=1S/C16H21N5/c1-20-9-11-21(12-10-20)14-6-4-13(5-7-14)19-16-15(17)3-2-8-18-16/h2-8H,9-12,17H2,1H3,(H,18,19). The Hall–Kier alpha value is -2.27. The van der Waals surface area contributed by atoms with Crippen molar-refractivity contribution < 1.29 is 0 Å². The first-order chi connectivity index (χ1) is 10.2. The second-order valence-corrected chi connectivity index (χ2v) is 5.40. The molecule has 0 aliphatic carbocycles. The van der Waals surface area contributed by atoms with Gasteiger partial charge in [-0.15, -0.1) is 0 Å². The predicted molar refractivity (Wildman–Crippen MR) is 88.1 cm³/mol. The van der Waals surface area contributed by atoms with Gasteiger partial charge in [0.2, 0.25) is 0 Å². The number of hydrogen-bond donors (Lipinski definition) is 2. The van der Waals surface area contributed by atoms with Crippen molar-refractivity contribution in [1.29, 1.82) is 0 Å². The average Bonchev–Trinajstić information content (AvgIpc) is 2.51.